The summed E-state index contributed by atoms with van der Waals surface area (Å²) in [7, 11) is 0. The fourth-order valence-electron chi connectivity index (χ4n) is 2.70. The second-order valence-electron chi connectivity index (χ2n) is 9.15. The monoisotopic (exact) mass is 448 g/mol. The van der Waals surface area contributed by atoms with E-state index in [1.54, 1.807) is 41.5 Å². The van der Waals surface area contributed by atoms with Crippen LogP contribution in [0, 0.1) is 10.1 Å². The summed E-state index contributed by atoms with van der Waals surface area (Å²) in [5.41, 5.74) is -1.59. The van der Waals surface area contributed by atoms with E-state index in [-0.39, 0.29) is 17.7 Å². The highest BCUT2D eigenvalue weighted by molar-refractivity contribution is 5.82. The van der Waals surface area contributed by atoms with Crippen molar-refractivity contribution in [1.29, 1.82) is 0 Å². The van der Waals surface area contributed by atoms with Gasteiger partial charge >= 0.3 is 12.1 Å². The molecule has 0 fully saturated rings. The van der Waals surface area contributed by atoms with Gasteiger partial charge in [-0.3, -0.25) is 20.0 Å². The molecule has 1 heterocycles. The molecule has 0 bridgehead atoms. The molecule has 2 N–H and O–H groups in total. The Morgan fingerprint density at radius 1 is 1.09 bits per heavy atom. The summed E-state index contributed by atoms with van der Waals surface area (Å²) in [5.74, 6) is -0.717. The van der Waals surface area contributed by atoms with Crippen molar-refractivity contribution in [2.24, 2.45) is 0 Å². The van der Waals surface area contributed by atoms with Crippen molar-refractivity contribution in [3.05, 3.63) is 56.5 Å². The van der Waals surface area contributed by atoms with Crippen LogP contribution in [0.2, 0.25) is 0 Å². The fourth-order valence-corrected chi connectivity index (χ4v) is 2.70. The lowest BCUT2D eigenvalue weighted by Gasteiger charge is -2.26. The number of benzene rings is 1. The van der Waals surface area contributed by atoms with Crippen molar-refractivity contribution in [3.8, 4) is 5.69 Å². The van der Waals surface area contributed by atoms with E-state index in [0.717, 1.165) is 0 Å². The van der Waals surface area contributed by atoms with Gasteiger partial charge in [0.1, 0.15) is 17.2 Å². The number of alkyl carbamates (subject to hydrolysis) is 1. The normalized spacial score (nSPS) is 12.7. The Labute approximate surface area is 184 Å². The third kappa shape index (κ3) is 6.96. The number of H-pyrrole nitrogens is 1. The van der Waals surface area contributed by atoms with Crippen LogP contribution in [-0.2, 0) is 20.7 Å². The Balaban J connectivity index is 2.28. The minimum absolute atomic E-state index is 0.111. The number of amides is 1. The lowest BCUT2D eigenvalue weighted by Crippen LogP contribution is -2.47. The number of rotatable bonds is 6. The first-order chi connectivity index (χ1) is 14.7. The second-order valence-corrected chi connectivity index (χ2v) is 9.15. The van der Waals surface area contributed by atoms with Crippen LogP contribution in [-0.4, -0.2) is 44.0 Å². The standard InChI is InChI=1S/C21H28N4O7/c1-20(2,3)31-18(27)16(23-19(28)32-21(4,5)6)11-13-12-22-24(17(13)26)14-7-9-15(10-8-14)25(29)30/h7-10,12,16,22H,11H2,1-6H3,(H,23,28)/t16-/m0/s1. The largest absolute Gasteiger partial charge is 0.458 e. The van der Waals surface area contributed by atoms with Crippen LogP contribution in [0.3, 0.4) is 0 Å². The zero-order chi connectivity index (χ0) is 24.3. The molecule has 11 heteroatoms. The highest BCUT2D eigenvalue weighted by Crippen LogP contribution is 2.15. The molecule has 0 aliphatic rings. The zero-order valence-electron chi connectivity index (χ0n) is 18.9. The highest BCUT2D eigenvalue weighted by Gasteiger charge is 2.30. The minimum atomic E-state index is -1.17. The van der Waals surface area contributed by atoms with Gasteiger partial charge in [0.25, 0.3) is 11.2 Å². The van der Waals surface area contributed by atoms with Crippen LogP contribution in [0.1, 0.15) is 47.1 Å². The Kier molecular flexibility index (Phi) is 7.12. The molecule has 2 rings (SSSR count). The van der Waals surface area contributed by atoms with Gasteiger partial charge < -0.3 is 14.8 Å². The van der Waals surface area contributed by atoms with Crippen molar-refractivity contribution < 1.29 is 24.0 Å². The molecule has 2 aromatic rings. The van der Waals surface area contributed by atoms with Crippen molar-refractivity contribution in [2.45, 2.75) is 65.2 Å². The SMILES string of the molecule is CC(C)(C)OC(=O)N[C@@H](Cc1c[nH]n(-c2ccc([N+](=O)[O-])cc2)c1=O)C(=O)OC(C)(C)C. The van der Waals surface area contributed by atoms with Crippen LogP contribution in [0.4, 0.5) is 10.5 Å². The van der Waals surface area contributed by atoms with E-state index in [1.165, 1.54) is 35.1 Å². The number of nitro benzene ring substituents is 1. The molecule has 0 spiro atoms. The number of esters is 1. The lowest BCUT2D eigenvalue weighted by atomic mass is 10.1. The molecular weight excluding hydrogens is 420 g/mol. The van der Waals surface area contributed by atoms with E-state index in [0.29, 0.717) is 5.69 Å². The summed E-state index contributed by atoms with van der Waals surface area (Å²) < 4.78 is 11.8. The van der Waals surface area contributed by atoms with Gasteiger partial charge in [0.15, 0.2) is 0 Å². The molecule has 1 aromatic heterocycles. The molecule has 1 amide bonds. The first-order valence-corrected chi connectivity index (χ1v) is 9.93. The van der Waals surface area contributed by atoms with Gasteiger partial charge in [0, 0.05) is 30.3 Å². The summed E-state index contributed by atoms with van der Waals surface area (Å²) >= 11 is 0. The molecule has 0 saturated carbocycles. The van der Waals surface area contributed by atoms with Crippen molar-refractivity contribution in [2.75, 3.05) is 0 Å². The Morgan fingerprint density at radius 2 is 1.66 bits per heavy atom. The number of aromatic nitrogens is 2. The van der Waals surface area contributed by atoms with E-state index in [1.807, 2.05) is 0 Å². The molecule has 1 atom stereocenters. The number of nitrogens with one attached hydrogen (secondary N) is 2. The third-order valence-corrected chi connectivity index (χ3v) is 3.97. The maximum absolute atomic E-state index is 12.8. The smallest absolute Gasteiger partial charge is 0.408 e. The predicted octanol–water partition coefficient (Wildman–Crippen LogP) is 2.85. The van der Waals surface area contributed by atoms with E-state index in [9.17, 15) is 24.5 Å². The van der Waals surface area contributed by atoms with E-state index in [2.05, 4.69) is 10.4 Å². The zero-order valence-corrected chi connectivity index (χ0v) is 18.9. The van der Waals surface area contributed by atoms with Crippen LogP contribution in [0.25, 0.3) is 5.69 Å². The molecule has 11 nitrogen and oxygen atoms in total. The van der Waals surface area contributed by atoms with Gasteiger partial charge in [0.05, 0.1) is 10.6 Å². The molecule has 0 saturated heterocycles. The number of carbonyl (C=O) groups excluding carboxylic acids is 2. The first-order valence-electron chi connectivity index (χ1n) is 9.93. The maximum atomic E-state index is 12.8. The Hall–Kier alpha value is -3.63. The average Bonchev–Trinajstić information content (AvgIpc) is 2.98. The molecule has 32 heavy (non-hydrogen) atoms. The summed E-state index contributed by atoms with van der Waals surface area (Å²) in [4.78, 5) is 48.0. The summed E-state index contributed by atoms with van der Waals surface area (Å²) in [5, 5.41) is 16.0. The number of hydrogen-bond donors (Lipinski definition) is 2. The number of non-ortho nitro benzene ring substituents is 1. The van der Waals surface area contributed by atoms with Gasteiger partial charge in [-0.2, -0.15) is 0 Å². The van der Waals surface area contributed by atoms with Gasteiger partial charge in [-0.1, -0.05) is 0 Å². The topological polar surface area (TPSA) is 146 Å². The molecule has 0 aliphatic heterocycles. The van der Waals surface area contributed by atoms with Crippen LogP contribution < -0.4 is 10.9 Å². The summed E-state index contributed by atoms with van der Waals surface area (Å²) in [6.45, 7) is 10.1. The van der Waals surface area contributed by atoms with Crippen LogP contribution >= 0.6 is 0 Å². The molecule has 0 radical (unpaired) electrons. The number of nitrogens with zero attached hydrogens (tertiary/aromatic N) is 2. The van der Waals surface area contributed by atoms with Gasteiger partial charge in [-0.25, -0.2) is 14.3 Å². The molecular formula is C21H28N4O7. The quantitative estimate of drug-likeness (QED) is 0.392. The second kappa shape index (κ2) is 9.25. The maximum Gasteiger partial charge on any atom is 0.408 e. The Bertz CT molecular complexity index is 1040. The van der Waals surface area contributed by atoms with Gasteiger partial charge in [-0.15, -0.1) is 0 Å². The van der Waals surface area contributed by atoms with Gasteiger partial charge in [0.2, 0.25) is 0 Å². The fraction of sp³-hybridized carbons (Fsp3) is 0.476. The van der Waals surface area contributed by atoms with Crippen molar-refractivity contribution in [3.63, 3.8) is 0 Å². The van der Waals surface area contributed by atoms with Crippen molar-refractivity contribution in [1.82, 2.24) is 15.1 Å². The molecule has 174 valence electrons. The molecule has 0 unspecified atom stereocenters. The lowest BCUT2D eigenvalue weighted by molar-refractivity contribution is -0.384. The van der Waals surface area contributed by atoms with Crippen LogP contribution in [0.15, 0.2) is 35.3 Å². The third-order valence-electron chi connectivity index (χ3n) is 3.97. The molecule has 0 aliphatic carbocycles. The van der Waals surface area contributed by atoms with Crippen molar-refractivity contribution >= 4 is 17.7 Å². The Morgan fingerprint density at radius 3 is 2.16 bits per heavy atom. The number of aromatic amines is 1. The number of carbonyl (C=O) groups is 2. The predicted molar refractivity (Wildman–Crippen MR) is 116 cm³/mol. The van der Waals surface area contributed by atoms with E-state index < -0.39 is 39.8 Å². The summed E-state index contributed by atoms with van der Waals surface area (Å²) in [6, 6.07) is 4.22. The molecule has 1 aromatic carbocycles. The minimum Gasteiger partial charge on any atom is -0.458 e. The number of nitro groups is 1. The van der Waals surface area contributed by atoms with Gasteiger partial charge in [-0.05, 0) is 53.7 Å². The van der Waals surface area contributed by atoms with E-state index in [4.69, 9.17) is 9.47 Å². The number of hydrogen-bond acceptors (Lipinski definition) is 7. The summed E-state index contributed by atoms with van der Waals surface area (Å²) in [6.07, 6.45) is 0.432. The number of ether oxygens (including phenoxy) is 2. The highest BCUT2D eigenvalue weighted by atomic mass is 16.6. The first kappa shape index (κ1) is 24.6. The van der Waals surface area contributed by atoms with E-state index >= 15 is 0 Å². The average molecular weight is 448 g/mol. The van der Waals surface area contributed by atoms with Crippen LogP contribution in [0.5, 0.6) is 0 Å².